The third kappa shape index (κ3) is 5.05. The number of halogens is 1. The molecule has 2 rings (SSSR count). The molecule has 0 aromatic carbocycles. The van der Waals surface area contributed by atoms with Crippen molar-refractivity contribution in [1.82, 2.24) is 10.2 Å². The number of rotatable bonds is 4. The second kappa shape index (κ2) is 8.43. The highest BCUT2D eigenvalue weighted by molar-refractivity contribution is 6.22. The Morgan fingerprint density at radius 3 is 2.38 bits per heavy atom. The highest BCUT2D eigenvalue weighted by Gasteiger charge is 2.51. The summed E-state index contributed by atoms with van der Waals surface area (Å²) < 4.78 is 0. The Morgan fingerprint density at radius 1 is 1.31 bits per heavy atom. The Bertz CT molecular complexity index is 705. The van der Waals surface area contributed by atoms with Crippen LogP contribution in [-0.4, -0.2) is 51.9 Å². The maximum atomic E-state index is 13.3. The van der Waals surface area contributed by atoms with E-state index in [2.05, 4.69) is 5.32 Å². The van der Waals surface area contributed by atoms with Gasteiger partial charge in [0.2, 0.25) is 11.8 Å². The fourth-order valence-electron chi connectivity index (χ4n) is 4.01. The molecule has 164 valence electrons. The van der Waals surface area contributed by atoms with E-state index in [1.807, 2.05) is 66.7 Å². The first-order valence-electron chi connectivity index (χ1n) is 10.5. The molecule has 0 radical (unpaired) electrons. The van der Waals surface area contributed by atoms with Gasteiger partial charge in [0.1, 0.15) is 6.04 Å². The highest BCUT2D eigenvalue weighted by atomic mass is 35.5. The zero-order valence-corrected chi connectivity index (χ0v) is 19.6. The molecule has 0 aromatic heterocycles. The van der Waals surface area contributed by atoms with Gasteiger partial charge in [0, 0.05) is 23.9 Å². The van der Waals surface area contributed by atoms with Crippen molar-refractivity contribution < 1.29 is 14.7 Å². The SMILES string of the molecule is CC(C)[C@@H](NC(=O)C(C)(C)C)C(=O)N1CC[C@](O)(C2=CCC(Cl)C=C2)C(C)(C)C1. The molecule has 0 bridgehead atoms. The summed E-state index contributed by atoms with van der Waals surface area (Å²) in [6.07, 6.45) is 6.99. The minimum absolute atomic E-state index is 0.0256. The number of allylic oxidation sites excluding steroid dienone is 2. The molecule has 1 unspecified atom stereocenters. The number of carbonyl (C=O) groups excluding carboxylic acids is 2. The van der Waals surface area contributed by atoms with Crippen molar-refractivity contribution in [2.24, 2.45) is 16.7 Å². The molecule has 2 amide bonds. The number of likely N-dealkylation sites (tertiary alicyclic amines) is 1. The van der Waals surface area contributed by atoms with Crippen LogP contribution < -0.4 is 5.32 Å². The van der Waals surface area contributed by atoms with Gasteiger partial charge in [-0.1, -0.05) is 66.7 Å². The fraction of sp³-hybridized carbons (Fsp3) is 0.739. The summed E-state index contributed by atoms with van der Waals surface area (Å²) in [7, 11) is 0. The smallest absolute Gasteiger partial charge is 0.245 e. The molecule has 2 aliphatic rings. The highest BCUT2D eigenvalue weighted by Crippen LogP contribution is 2.45. The first-order chi connectivity index (χ1) is 13.2. The van der Waals surface area contributed by atoms with Crippen LogP contribution in [0.5, 0.6) is 0 Å². The molecular formula is C23H37ClN2O3. The zero-order valence-electron chi connectivity index (χ0n) is 18.9. The zero-order chi connectivity index (χ0) is 22.2. The maximum Gasteiger partial charge on any atom is 0.245 e. The average molecular weight is 425 g/mol. The number of alkyl halides is 1. The lowest BCUT2D eigenvalue weighted by atomic mass is 9.65. The number of piperidine rings is 1. The standard InChI is InChI=1S/C23H37ClN2O3/c1-15(2)18(25-20(28)21(3,4)5)19(27)26-13-12-23(29,22(6,7)14-26)16-8-10-17(24)11-9-16/h8-10,15,17-18,29H,11-14H2,1-7H3,(H,25,28)/t17?,18-,23+/m1/s1. The molecule has 1 aliphatic carbocycles. The van der Waals surface area contributed by atoms with Crippen LogP contribution in [0, 0.1) is 16.7 Å². The van der Waals surface area contributed by atoms with Crippen LogP contribution in [0.15, 0.2) is 23.8 Å². The Labute approximate surface area is 180 Å². The lowest BCUT2D eigenvalue weighted by Gasteiger charge is -2.52. The van der Waals surface area contributed by atoms with Crippen LogP contribution in [0.3, 0.4) is 0 Å². The first kappa shape index (κ1) is 23.9. The van der Waals surface area contributed by atoms with E-state index in [4.69, 9.17) is 11.6 Å². The first-order valence-corrected chi connectivity index (χ1v) is 11.0. The molecule has 5 nitrogen and oxygen atoms in total. The Hall–Kier alpha value is -1.33. The van der Waals surface area contributed by atoms with Crippen molar-refractivity contribution in [2.45, 2.75) is 78.3 Å². The van der Waals surface area contributed by atoms with Crippen LogP contribution in [0.1, 0.15) is 61.3 Å². The Kier molecular flexibility index (Phi) is 6.96. The van der Waals surface area contributed by atoms with Crippen molar-refractivity contribution in [3.8, 4) is 0 Å². The van der Waals surface area contributed by atoms with Crippen molar-refractivity contribution in [3.05, 3.63) is 23.8 Å². The van der Waals surface area contributed by atoms with Gasteiger partial charge < -0.3 is 15.3 Å². The Balaban J connectivity index is 2.18. The third-order valence-electron chi connectivity index (χ3n) is 6.19. The minimum atomic E-state index is -1.01. The van der Waals surface area contributed by atoms with E-state index in [0.29, 0.717) is 25.9 Å². The average Bonchev–Trinajstić information content (AvgIpc) is 2.60. The molecule has 1 heterocycles. The molecule has 29 heavy (non-hydrogen) atoms. The van der Waals surface area contributed by atoms with Gasteiger partial charge in [-0.2, -0.15) is 0 Å². The summed E-state index contributed by atoms with van der Waals surface area (Å²) in [5.41, 5.74) is -1.23. The molecule has 0 saturated carbocycles. The molecule has 3 atom stereocenters. The monoisotopic (exact) mass is 424 g/mol. The van der Waals surface area contributed by atoms with Crippen LogP contribution in [0.25, 0.3) is 0 Å². The van der Waals surface area contributed by atoms with Crippen LogP contribution in [0.2, 0.25) is 0 Å². The molecule has 1 aliphatic heterocycles. The largest absolute Gasteiger partial charge is 0.384 e. The van der Waals surface area contributed by atoms with Gasteiger partial charge in [-0.3, -0.25) is 9.59 Å². The lowest BCUT2D eigenvalue weighted by molar-refractivity contribution is -0.149. The van der Waals surface area contributed by atoms with E-state index in [-0.39, 0.29) is 23.1 Å². The van der Waals surface area contributed by atoms with Gasteiger partial charge in [-0.25, -0.2) is 0 Å². The summed E-state index contributed by atoms with van der Waals surface area (Å²) in [6.45, 7) is 14.3. The number of aliphatic hydroxyl groups is 1. The molecule has 6 heteroatoms. The fourth-order valence-corrected chi connectivity index (χ4v) is 4.18. The van der Waals surface area contributed by atoms with Crippen molar-refractivity contribution in [1.29, 1.82) is 0 Å². The number of nitrogens with zero attached hydrogens (tertiary/aromatic N) is 1. The van der Waals surface area contributed by atoms with Gasteiger partial charge in [-0.05, 0) is 24.3 Å². The molecule has 0 spiro atoms. The second-order valence-electron chi connectivity index (χ2n) is 10.5. The predicted molar refractivity (Wildman–Crippen MR) is 118 cm³/mol. The van der Waals surface area contributed by atoms with Gasteiger partial charge in [0.05, 0.1) is 11.0 Å². The maximum absolute atomic E-state index is 13.3. The van der Waals surface area contributed by atoms with E-state index < -0.39 is 22.5 Å². The van der Waals surface area contributed by atoms with E-state index in [1.54, 1.807) is 4.90 Å². The van der Waals surface area contributed by atoms with Crippen molar-refractivity contribution >= 4 is 23.4 Å². The van der Waals surface area contributed by atoms with Crippen molar-refractivity contribution in [3.63, 3.8) is 0 Å². The Morgan fingerprint density at radius 2 is 1.93 bits per heavy atom. The summed E-state index contributed by atoms with van der Waals surface area (Å²) in [5.74, 6) is -0.241. The molecule has 1 fully saturated rings. The molecule has 1 saturated heterocycles. The number of amides is 2. The summed E-state index contributed by atoms with van der Waals surface area (Å²) in [6, 6.07) is -0.575. The van der Waals surface area contributed by atoms with Gasteiger partial charge in [0.25, 0.3) is 0 Å². The normalized spacial score (nSPS) is 28.1. The number of nitrogens with one attached hydrogen (secondary N) is 1. The van der Waals surface area contributed by atoms with Gasteiger partial charge >= 0.3 is 0 Å². The second-order valence-corrected chi connectivity index (χ2v) is 11.0. The molecule has 2 N–H and O–H groups in total. The number of carbonyl (C=O) groups is 2. The quantitative estimate of drug-likeness (QED) is 0.676. The summed E-state index contributed by atoms with van der Waals surface area (Å²) in [4.78, 5) is 27.6. The number of hydrogen-bond acceptors (Lipinski definition) is 3. The van der Waals surface area contributed by atoms with E-state index in [1.165, 1.54) is 0 Å². The van der Waals surface area contributed by atoms with Crippen LogP contribution >= 0.6 is 11.6 Å². The van der Waals surface area contributed by atoms with Crippen molar-refractivity contribution in [2.75, 3.05) is 13.1 Å². The lowest BCUT2D eigenvalue weighted by Crippen LogP contribution is -2.62. The van der Waals surface area contributed by atoms with E-state index in [9.17, 15) is 14.7 Å². The minimum Gasteiger partial charge on any atom is -0.384 e. The van der Waals surface area contributed by atoms with E-state index in [0.717, 1.165) is 5.57 Å². The number of hydrogen-bond donors (Lipinski definition) is 2. The predicted octanol–water partition coefficient (Wildman–Crippen LogP) is 3.66. The topological polar surface area (TPSA) is 69.6 Å². The van der Waals surface area contributed by atoms with Gasteiger partial charge in [-0.15, -0.1) is 11.6 Å². The van der Waals surface area contributed by atoms with Gasteiger partial charge in [0.15, 0.2) is 0 Å². The molecule has 0 aromatic rings. The van der Waals surface area contributed by atoms with Crippen LogP contribution in [0.4, 0.5) is 0 Å². The summed E-state index contributed by atoms with van der Waals surface area (Å²) >= 11 is 6.14. The third-order valence-corrected chi connectivity index (χ3v) is 6.51. The molecular weight excluding hydrogens is 388 g/mol. The summed E-state index contributed by atoms with van der Waals surface area (Å²) in [5, 5.41) is 14.4. The van der Waals surface area contributed by atoms with Crippen LogP contribution in [-0.2, 0) is 9.59 Å². The van der Waals surface area contributed by atoms with E-state index >= 15 is 0 Å².